The maximum Gasteiger partial charge on any atom is 0.420 e. The lowest BCUT2D eigenvalue weighted by Crippen LogP contribution is -2.39. The molecule has 1 aromatic carbocycles. The fourth-order valence-electron chi connectivity index (χ4n) is 1.66. The van der Waals surface area contributed by atoms with E-state index in [9.17, 15) is 13.2 Å². The molecule has 0 saturated heterocycles. The summed E-state index contributed by atoms with van der Waals surface area (Å²) in [6.45, 7) is 5.60. The van der Waals surface area contributed by atoms with Crippen molar-refractivity contribution in [2.75, 3.05) is 6.54 Å². The molecular weight excluding hydrogens is 269 g/mol. The van der Waals surface area contributed by atoms with Crippen molar-refractivity contribution in [3.8, 4) is 11.8 Å². The Morgan fingerprint density at radius 2 is 1.90 bits per heavy atom. The first-order valence-electron chi connectivity index (χ1n) is 6.07. The molecule has 1 aromatic rings. The lowest BCUT2D eigenvalue weighted by atomic mass is 9.89. The zero-order chi connectivity index (χ0) is 15.6. The molecule has 0 aromatic heterocycles. The van der Waals surface area contributed by atoms with E-state index < -0.39 is 23.3 Å². The van der Waals surface area contributed by atoms with E-state index in [1.54, 1.807) is 6.07 Å². The molecule has 1 rings (SSSR count). The van der Waals surface area contributed by atoms with Crippen LogP contribution in [0, 0.1) is 16.7 Å². The summed E-state index contributed by atoms with van der Waals surface area (Å²) in [5, 5.41) is 8.70. The average molecular weight is 286 g/mol. The van der Waals surface area contributed by atoms with Crippen LogP contribution in [0.5, 0.6) is 5.75 Å². The SMILES string of the molecule is CC(C)(C)C(CN)Oc1ccc(C#N)cc1C(F)(F)F. The topological polar surface area (TPSA) is 59.0 Å². The molecule has 0 heterocycles. The highest BCUT2D eigenvalue weighted by molar-refractivity contribution is 5.43. The predicted molar refractivity (Wildman–Crippen MR) is 69.1 cm³/mol. The summed E-state index contributed by atoms with van der Waals surface area (Å²) in [4.78, 5) is 0. The molecule has 0 radical (unpaired) electrons. The summed E-state index contributed by atoms with van der Waals surface area (Å²) in [5.41, 5.74) is 4.14. The highest BCUT2D eigenvalue weighted by atomic mass is 19.4. The van der Waals surface area contributed by atoms with Gasteiger partial charge in [0, 0.05) is 12.0 Å². The summed E-state index contributed by atoms with van der Waals surface area (Å²) in [6.07, 6.45) is -5.14. The lowest BCUT2D eigenvalue weighted by Gasteiger charge is -2.31. The number of benzene rings is 1. The van der Waals surface area contributed by atoms with Crippen molar-refractivity contribution in [3.05, 3.63) is 29.3 Å². The average Bonchev–Trinajstić information content (AvgIpc) is 2.33. The highest BCUT2D eigenvalue weighted by Crippen LogP contribution is 2.38. The molecule has 3 nitrogen and oxygen atoms in total. The summed E-state index contributed by atoms with van der Waals surface area (Å²) in [7, 11) is 0. The maximum atomic E-state index is 13.0. The van der Waals surface area contributed by atoms with Crippen LogP contribution in [-0.4, -0.2) is 12.6 Å². The second-order valence-electron chi connectivity index (χ2n) is 5.53. The molecule has 0 aliphatic heterocycles. The summed E-state index contributed by atoms with van der Waals surface area (Å²) in [5.74, 6) is -0.304. The van der Waals surface area contributed by atoms with Crippen LogP contribution in [0.3, 0.4) is 0 Å². The van der Waals surface area contributed by atoms with E-state index in [2.05, 4.69) is 0 Å². The number of nitrogens with two attached hydrogens (primary N) is 1. The van der Waals surface area contributed by atoms with E-state index >= 15 is 0 Å². The van der Waals surface area contributed by atoms with Crippen LogP contribution >= 0.6 is 0 Å². The van der Waals surface area contributed by atoms with Crippen LogP contribution in [0.1, 0.15) is 31.9 Å². The molecule has 0 saturated carbocycles. The van der Waals surface area contributed by atoms with Crippen molar-refractivity contribution < 1.29 is 17.9 Å². The van der Waals surface area contributed by atoms with Crippen molar-refractivity contribution in [3.63, 3.8) is 0 Å². The zero-order valence-corrected chi connectivity index (χ0v) is 11.6. The Hall–Kier alpha value is -1.74. The third kappa shape index (κ3) is 3.87. The van der Waals surface area contributed by atoms with E-state index in [4.69, 9.17) is 15.7 Å². The number of rotatable bonds is 3. The van der Waals surface area contributed by atoms with Crippen molar-refractivity contribution in [2.45, 2.75) is 33.1 Å². The zero-order valence-electron chi connectivity index (χ0n) is 11.6. The van der Waals surface area contributed by atoms with Crippen LogP contribution in [0.25, 0.3) is 0 Å². The molecule has 0 spiro atoms. The van der Waals surface area contributed by atoms with E-state index in [0.29, 0.717) is 0 Å². The molecule has 110 valence electrons. The largest absolute Gasteiger partial charge is 0.488 e. The lowest BCUT2D eigenvalue weighted by molar-refractivity contribution is -0.139. The van der Waals surface area contributed by atoms with E-state index in [-0.39, 0.29) is 17.9 Å². The fourth-order valence-corrected chi connectivity index (χ4v) is 1.66. The minimum absolute atomic E-state index is 0.0651. The number of nitrogens with zero attached hydrogens (tertiary/aromatic N) is 1. The minimum Gasteiger partial charge on any atom is -0.488 e. The Kier molecular flexibility index (Phi) is 4.66. The van der Waals surface area contributed by atoms with E-state index in [1.807, 2.05) is 20.8 Å². The first-order chi connectivity index (χ1) is 9.09. The Labute approximate surface area is 116 Å². The second-order valence-corrected chi connectivity index (χ2v) is 5.53. The quantitative estimate of drug-likeness (QED) is 0.927. The number of nitriles is 1. The van der Waals surface area contributed by atoms with Crippen molar-refractivity contribution in [2.24, 2.45) is 11.1 Å². The monoisotopic (exact) mass is 286 g/mol. The first kappa shape index (κ1) is 16.3. The fraction of sp³-hybridized carbons (Fsp3) is 0.500. The van der Waals surface area contributed by atoms with Gasteiger partial charge in [0.15, 0.2) is 0 Å². The van der Waals surface area contributed by atoms with Gasteiger partial charge in [0.1, 0.15) is 11.9 Å². The highest BCUT2D eigenvalue weighted by Gasteiger charge is 2.36. The van der Waals surface area contributed by atoms with Gasteiger partial charge >= 0.3 is 6.18 Å². The number of halogens is 3. The van der Waals surface area contributed by atoms with Gasteiger partial charge in [-0.3, -0.25) is 0 Å². The number of hydrogen-bond acceptors (Lipinski definition) is 3. The summed E-state index contributed by atoms with van der Waals surface area (Å²) >= 11 is 0. The van der Waals surface area contributed by atoms with Gasteiger partial charge in [0.25, 0.3) is 0 Å². The van der Waals surface area contributed by atoms with Gasteiger partial charge in [-0.2, -0.15) is 18.4 Å². The number of hydrogen-bond donors (Lipinski definition) is 1. The molecule has 20 heavy (non-hydrogen) atoms. The molecule has 6 heteroatoms. The molecule has 0 amide bonds. The first-order valence-corrected chi connectivity index (χ1v) is 6.07. The normalized spacial score (nSPS) is 13.7. The Morgan fingerprint density at radius 3 is 2.30 bits per heavy atom. The van der Waals surface area contributed by atoms with Crippen LogP contribution in [0.2, 0.25) is 0 Å². The van der Waals surface area contributed by atoms with Gasteiger partial charge in [0.2, 0.25) is 0 Å². The Morgan fingerprint density at radius 1 is 1.30 bits per heavy atom. The standard InChI is InChI=1S/C14H17F3N2O/c1-13(2,3)12(8-19)20-11-5-4-9(7-18)6-10(11)14(15,16)17/h4-6,12H,8,19H2,1-3H3. The second kappa shape index (κ2) is 5.71. The van der Waals surface area contributed by atoms with Crippen molar-refractivity contribution in [1.29, 1.82) is 5.26 Å². The summed E-state index contributed by atoms with van der Waals surface area (Å²) < 4.78 is 44.4. The van der Waals surface area contributed by atoms with Gasteiger partial charge in [-0.05, 0) is 18.2 Å². The molecule has 0 aliphatic carbocycles. The van der Waals surface area contributed by atoms with Gasteiger partial charge in [-0.25, -0.2) is 0 Å². The molecule has 1 atom stereocenters. The van der Waals surface area contributed by atoms with E-state index in [1.165, 1.54) is 6.07 Å². The van der Waals surface area contributed by atoms with Crippen LogP contribution in [0.15, 0.2) is 18.2 Å². The molecule has 0 fully saturated rings. The maximum absolute atomic E-state index is 13.0. The van der Waals surface area contributed by atoms with Gasteiger partial charge in [-0.15, -0.1) is 0 Å². The Bertz CT molecular complexity index is 513. The van der Waals surface area contributed by atoms with Crippen molar-refractivity contribution in [1.82, 2.24) is 0 Å². The minimum atomic E-state index is -4.58. The molecule has 2 N–H and O–H groups in total. The molecule has 0 aliphatic rings. The summed E-state index contributed by atoms with van der Waals surface area (Å²) in [6, 6.07) is 4.92. The molecule has 0 bridgehead atoms. The third-order valence-electron chi connectivity index (χ3n) is 2.86. The third-order valence-corrected chi connectivity index (χ3v) is 2.86. The smallest absolute Gasteiger partial charge is 0.420 e. The number of ether oxygens (including phenoxy) is 1. The van der Waals surface area contributed by atoms with Crippen LogP contribution in [-0.2, 0) is 6.18 Å². The van der Waals surface area contributed by atoms with Gasteiger partial charge in [-0.1, -0.05) is 20.8 Å². The Balaban J connectivity index is 3.22. The van der Waals surface area contributed by atoms with Crippen LogP contribution < -0.4 is 10.5 Å². The van der Waals surface area contributed by atoms with E-state index in [0.717, 1.165) is 12.1 Å². The van der Waals surface area contributed by atoms with Crippen LogP contribution in [0.4, 0.5) is 13.2 Å². The predicted octanol–water partition coefficient (Wildman–Crippen LogP) is 3.33. The van der Waals surface area contributed by atoms with Crippen molar-refractivity contribution >= 4 is 0 Å². The molecular formula is C14H17F3N2O. The van der Waals surface area contributed by atoms with Gasteiger partial charge < -0.3 is 10.5 Å². The number of alkyl halides is 3. The molecule has 1 unspecified atom stereocenters. The van der Waals surface area contributed by atoms with Gasteiger partial charge in [0.05, 0.1) is 17.2 Å².